The van der Waals surface area contributed by atoms with Gasteiger partial charge in [-0.15, -0.1) is 0 Å². The Kier molecular flexibility index (Phi) is 38.6. The molecule has 0 bridgehead atoms. The summed E-state index contributed by atoms with van der Waals surface area (Å²) in [5.41, 5.74) is 0. The third-order valence-electron chi connectivity index (χ3n) is 5.97. The Morgan fingerprint density at radius 2 is 0.576 bits per heavy atom. The molecule has 33 heavy (non-hydrogen) atoms. The molecule has 0 aromatic carbocycles. The molecule has 0 unspecified atom stereocenters. The van der Waals surface area contributed by atoms with Crippen LogP contribution in [0.5, 0.6) is 0 Å². The molecule has 0 aliphatic carbocycles. The number of aliphatic carboxylic acids is 2. The van der Waals surface area contributed by atoms with Crippen LogP contribution in [0.15, 0.2) is 0 Å². The quantitative estimate of drug-likeness (QED) is 0.0875. The zero-order valence-electron chi connectivity index (χ0n) is 22.1. The van der Waals surface area contributed by atoms with Gasteiger partial charge in [-0.1, -0.05) is 142 Å². The molecule has 0 spiro atoms. The molecule has 0 aromatic heterocycles. The van der Waals surface area contributed by atoms with Gasteiger partial charge in [0.05, 0.1) is 0 Å². The zero-order valence-corrected chi connectivity index (χ0v) is 26.0. The first-order chi connectivity index (χ1) is 15.5. The fraction of sp³-hybridized carbons (Fsp3) is 0.929. The second-order valence-corrected chi connectivity index (χ2v) is 9.32. The van der Waals surface area contributed by atoms with Crippen LogP contribution < -0.4 is 10.2 Å². The van der Waals surface area contributed by atoms with Crippen LogP contribution in [0.4, 0.5) is 0 Å². The Balaban J connectivity index is -0.000000529. The second-order valence-electron chi connectivity index (χ2n) is 9.32. The van der Waals surface area contributed by atoms with Crippen molar-refractivity contribution in [1.82, 2.24) is 0 Å². The molecule has 0 saturated heterocycles. The predicted octanol–water partition coefficient (Wildman–Crippen LogP) is 6.49. The fourth-order valence-corrected chi connectivity index (χ4v) is 3.87. The van der Waals surface area contributed by atoms with E-state index < -0.39 is 11.9 Å². The summed E-state index contributed by atoms with van der Waals surface area (Å²) < 4.78 is 0. The van der Waals surface area contributed by atoms with Gasteiger partial charge in [-0.25, -0.2) is 0 Å². The molecular formula is C28H54O4Pb-2. The monoisotopic (exact) mass is 662 g/mol. The molecule has 0 N–H and O–H groups in total. The first-order valence-corrected chi connectivity index (χ1v) is 13.9. The van der Waals surface area contributed by atoms with Crippen molar-refractivity contribution in [3.63, 3.8) is 0 Å². The van der Waals surface area contributed by atoms with E-state index in [1.54, 1.807) is 0 Å². The van der Waals surface area contributed by atoms with E-state index >= 15 is 0 Å². The Bertz CT molecular complexity index is 352. The van der Waals surface area contributed by atoms with Crippen LogP contribution in [0.3, 0.4) is 0 Å². The van der Waals surface area contributed by atoms with E-state index in [9.17, 15) is 19.8 Å². The molecule has 0 amide bonds. The van der Waals surface area contributed by atoms with Crippen molar-refractivity contribution in [2.24, 2.45) is 0 Å². The van der Waals surface area contributed by atoms with E-state index in [0.29, 0.717) is 0 Å². The fourth-order valence-electron chi connectivity index (χ4n) is 3.87. The zero-order chi connectivity index (χ0) is 24.1. The van der Waals surface area contributed by atoms with E-state index in [1.807, 2.05) is 0 Å². The summed E-state index contributed by atoms with van der Waals surface area (Å²) in [7, 11) is 0. The summed E-state index contributed by atoms with van der Waals surface area (Å²) in [5, 5.41) is 20.3. The number of carboxylic acids is 2. The minimum Gasteiger partial charge on any atom is -0.550 e. The van der Waals surface area contributed by atoms with Crippen molar-refractivity contribution in [3.05, 3.63) is 0 Å². The molecule has 0 saturated carbocycles. The number of hydrogen-bond acceptors (Lipinski definition) is 4. The largest absolute Gasteiger partial charge is 0.550 e. The average molecular weight is 662 g/mol. The maximum atomic E-state index is 10.1. The van der Waals surface area contributed by atoms with Gasteiger partial charge in [0.1, 0.15) is 0 Å². The molecule has 4 radical (unpaired) electrons. The molecule has 5 heteroatoms. The van der Waals surface area contributed by atoms with Gasteiger partial charge in [0.25, 0.3) is 0 Å². The van der Waals surface area contributed by atoms with Gasteiger partial charge in [0, 0.05) is 39.2 Å². The van der Waals surface area contributed by atoms with E-state index in [-0.39, 0.29) is 40.1 Å². The number of carboxylic acid groups (broad SMARTS) is 2. The maximum Gasteiger partial charge on any atom is 0.0414 e. The van der Waals surface area contributed by atoms with Crippen molar-refractivity contribution < 1.29 is 19.8 Å². The first-order valence-electron chi connectivity index (χ1n) is 13.9. The van der Waals surface area contributed by atoms with Gasteiger partial charge >= 0.3 is 0 Å². The van der Waals surface area contributed by atoms with Gasteiger partial charge in [-0.2, -0.15) is 0 Å². The van der Waals surface area contributed by atoms with Crippen molar-refractivity contribution in [3.8, 4) is 0 Å². The average Bonchev–Trinajstić information content (AvgIpc) is 2.76. The van der Waals surface area contributed by atoms with Crippen LogP contribution >= 0.6 is 0 Å². The Morgan fingerprint density at radius 3 is 0.758 bits per heavy atom. The molecule has 0 aliphatic heterocycles. The van der Waals surface area contributed by atoms with Gasteiger partial charge in [0.15, 0.2) is 0 Å². The number of carbonyl (C=O) groups is 2. The third kappa shape index (κ3) is 42.5. The molecule has 0 aliphatic rings. The Labute approximate surface area is 226 Å². The van der Waals surface area contributed by atoms with Crippen molar-refractivity contribution in [1.29, 1.82) is 0 Å². The molecule has 0 fully saturated rings. The summed E-state index contributed by atoms with van der Waals surface area (Å²) in [4.78, 5) is 20.3. The van der Waals surface area contributed by atoms with E-state index in [4.69, 9.17) is 0 Å². The topological polar surface area (TPSA) is 80.3 Å². The Hall–Kier alpha value is -0.138. The molecule has 0 aromatic rings. The minimum atomic E-state index is -0.907. The van der Waals surface area contributed by atoms with Gasteiger partial charge in [-0.3, -0.25) is 0 Å². The summed E-state index contributed by atoms with van der Waals surface area (Å²) in [6, 6.07) is 0. The summed E-state index contributed by atoms with van der Waals surface area (Å²) >= 11 is 0. The van der Waals surface area contributed by atoms with Crippen molar-refractivity contribution >= 4 is 39.2 Å². The van der Waals surface area contributed by atoms with Crippen LogP contribution in [0.1, 0.15) is 168 Å². The number of rotatable bonds is 24. The summed E-state index contributed by atoms with van der Waals surface area (Å²) in [5.74, 6) is -1.81. The van der Waals surface area contributed by atoms with Crippen LogP contribution in [-0.4, -0.2) is 39.2 Å². The number of carbonyl (C=O) groups excluding carboxylic acids is 2. The molecular weight excluding hydrogens is 608 g/mol. The normalized spacial score (nSPS) is 10.2. The summed E-state index contributed by atoms with van der Waals surface area (Å²) in [6.45, 7) is 4.49. The standard InChI is InChI=1S/2C14H28O2.Pb/c2*1-2-3-4-5-6-7-8-9-10-11-12-13-14(15)16;/h2*2-13H2,1H3,(H,15,16);/p-2. The van der Waals surface area contributed by atoms with Gasteiger partial charge in [-0.05, 0) is 25.7 Å². The van der Waals surface area contributed by atoms with E-state index in [1.165, 1.54) is 116 Å². The van der Waals surface area contributed by atoms with Crippen LogP contribution in [0.25, 0.3) is 0 Å². The SMILES string of the molecule is CCCCCCCCCCCCCC(=O)[O-].CCCCCCCCCCCCCC(=O)[O-].[Pb]. The molecule has 0 heterocycles. The smallest absolute Gasteiger partial charge is 0.0414 e. The Morgan fingerprint density at radius 1 is 0.394 bits per heavy atom. The minimum absolute atomic E-state index is 0. The first kappa shape index (κ1) is 37.4. The van der Waals surface area contributed by atoms with E-state index in [0.717, 1.165) is 25.7 Å². The number of hydrogen-bond donors (Lipinski definition) is 0. The predicted molar refractivity (Wildman–Crippen MR) is 138 cm³/mol. The van der Waals surface area contributed by atoms with Crippen LogP contribution in [0, 0.1) is 0 Å². The summed E-state index contributed by atoms with van der Waals surface area (Å²) in [6.07, 6.45) is 28.1. The molecule has 0 rings (SSSR count). The van der Waals surface area contributed by atoms with E-state index in [2.05, 4.69) is 13.8 Å². The van der Waals surface area contributed by atoms with Gasteiger partial charge < -0.3 is 19.8 Å². The molecule has 4 nitrogen and oxygen atoms in total. The second kappa shape index (κ2) is 34.0. The molecule has 196 valence electrons. The van der Waals surface area contributed by atoms with Crippen molar-refractivity contribution in [2.75, 3.05) is 0 Å². The third-order valence-corrected chi connectivity index (χ3v) is 5.97. The maximum absolute atomic E-state index is 10.1. The van der Waals surface area contributed by atoms with Gasteiger partial charge in [0.2, 0.25) is 0 Å². The van der Waals surface area contributed by atoms with Crippen LogP contribution in [0.2, 0.25) is 0 Å². The van der Waals surface area contributed by atoms with Crippen LogP contribution in [-0.2, 0) is 9.59 Å². The molecule has 0 atom stereocenters. The number of unbranched alkanes of at least 4 members (excludes halogenated alkanes) is 20. The van der Waals surface area contributed by atoms with Crippen molar-refractivity contribution in [2.45, 2.75) is 168 Å².